The third-order valence-electron chi connectivity index (χ3n) is 3.84. The first kappa shape index (κ1) is 20.3. The van der Waals surface area contributed by atoms with Crippen molar-refractivity contribution in [1.82, 2.24) is 4.90 Å². The highest BCUT2D eigenvalue weighted by atomic mass is 32.2. The van der Waals surface area contributed by atoms with Crippen molar-refractivity contribution >= 4 is 40.3 Å². The molecule has 8 heteroatoms. The van der Waals surface area contributed by atoms with Crippen LogP contribution in [0.3, 0.4) is 0 Å². The first-order valence-corrected chi connectivity index (χ1v) is 9.71. The largest absolute Gasteiger partial charge is 0.490 e. The Labute approximate surface area is 171 Å². The van der Waals surface area contributed by atoms with Crippen molar-refractivity contribution in [3.05, 3.63) is 64.6 Å². The van der Waals surface area contributed by atoms with Crippen molar-refractivity contribution in [3.8, 4) is 11.5 Å². The zero-order valence-electron chi connectivity index (χ0n) is 14.9. The van der Waals surface area contributed by atoms with E-state index in [1.54, 1.807) is 30.0 Å². The molecule has 1 fully saturated rings. The van der Waals surface area contributed by atoms with Crippen LogP contribution in [-0.4, -0.2) is 28.3 Å². The Morgan fingerprint density at radius 3 is 2.61 bits per heavy atom. The number of carbonyl (C=O) groups is 1. The molecule has 2 aromatic carbocycles. The van der Waals surface area contributed by atoms with Crippen molar-refractivity contribution in [1.29, 1.82) is 0 Å². The Hall–Kier alpha value is -2.45. The Bertz CT molecular complexity index is 904. The predicted molar refractivity (Wildman–Crippen MR) is 109 cm³/mol. The van der Waals surface area contributed by atoms with Gasteiger partial charge in [0.25, 0.3) is 5.91 Å². The van der Waals surface area contributed by atoms with Crippen LogP contribution in [0, 0.1) is 0 Å². The van der Waals surface area contributed by atoms with Gasteiger partial charge in [0.15, 0.2) is 11.5 Å². The molecule has 0 aliphatic carbocycles. The summed E-state index contributed by atoms with van der Waals surface area (Å²) in [5, 5.41) is 0. The molecule has 0 spiro atoms. The monoisotopic (exact) mass is 421 g/mol. The number of halogens is 2. The number of alkyl halides is 2. The summed E-state index contributed by atoms with van der Waals surface area (Å²) in [7, 11) is 0. The standard InChI is InChI=1S/C20H17F2NO3S2/c1-2-25-16-10-14(8-9-15(16)26-19(21)22)11-17-18(24)23(20(27)28-17)12-13-6-4-3-5-7-13/h3-11,19H,2,12H2,1H3/b17-11+. The molecule has 0 unspecified atom stereocenters. The van der Waals surface area contributed by atoms with Gasteiger partial charge in [0.1, 0.15) is 4.32 Å². The Kier molecular flexibility index (Phi) is 6.64. The second kappa shape index (κ2) is 9.16. The minimum Gasteiger partial charge on any atom is -0.490 e. The Morgan fingerprint density at radius 1 is 1.18 bits per heavy atom. The highest BCUT2D eigenvalue weighted by molar-refractivity contribution is 8.26. The van der Waals surface area contributed by atoms with E-state index in [0.29, 0.717) is 27.9 Å². The highest BCUT2D eigenvalue weighted by Crippen LogP contribution is 2.36. The average molecular weight is 421 g/mol. The molecule has 146 valence electrons. The molecule has 0 atom stereocenters. The molecule has 1 aliphatic rings. The van der Waals surface area contributed by atoms with Gasteiger partial charge >= 0.3 is 6.61 Å². The number of hydrogen-bond donors (Lipinski definition) is 0. The molecule has 0 radical (unpaired) electrons. The maximum absolute atomic E-state index is 12.7. The Balaban J connectivity index is 1.82. The van der Waals surface area contributed by atoms with Crippen molar-refractivity contribution in [3.63, 3.8) is 0 Å². The fraction of sp³-hybridized carbons (Fsp3) is 0.200. The summed E-state index contributed by atoms with van der Waals surface area (Å²) >= 11 is 6.55. The zero-order valence-corrected chi connectivity index (χ0v) is 16.6. The van der Waals surface area contributed by atoms with Crippen molar-refractivity contribution in [2.75, 3.05) is 6.61 Å². The minimum absolute atomic E-state index is 0.0503. The first-order valence-electron chi connectivity index (χ1n) is 8.49. The van der Waals surface area contributed by atoms with E-state index in [-0.39, 0.29) is 17.4 Å². The van der Waals surface area contributed by atoms with Gasteiger partial charge in [0.05, 0.1) is 18.1 Å². The molecule has 0 aromatic heterocycles. The van der Waals surface area contributed by atoms with Crippen LogP contribution in [0.25, 0.3) is 6.08 Å². The van der Waals surface area contributed by atoms with E-state index in [1.807, 2.05) is 30.3 Å². The topological polar surface area (TPSA) is 38.8 Å². The third kappa shape index (κ3) is 4.88. The summed E-state index contributed by atoms with van der Waals surface area (Å²) in [6.07, 6.45) is 1.67. The highest BCUT2D eigenvalue weighted by Gasteiger charge is 2.32. The van der Waals surface area contributed by atoms with Crippen molar-refractivity contribution < 1.29 is 23.0 Å². The lowest BCUT2D eigenvalue weighted by Gasteiger charge is -2.14. The Morgan fingerprint density at radius 2 is 1.93 bits per heavy atom. The molecule has 1 aliphatic heterocycles. The van der Waals surface area contributed by atoms with E-state index in [2.05, 4.69) is 4.74 Å². The summed E-state index contributed by atoms with van der Waals surface area (Å²) in [5.74, 6) is -0.0494. The molecule has 0 N–H and O–H groups in total. The van der Waals surface area contributed by atoms with Gasteiger partial charge in [-0.15, -0.1) is 0 Å². The van der Waals surface area contributed by atoms with E-state index in [9.17, 15) is 13.6 Å². The number of amides is 1. The number of benzene rings is 2. The molecule has 4 nitrogen and oxygen atoms in total. The lowest BCUT2D eigenvalue weighted by Crippen LogP contribution is -2.27. The van der Waals surface area contributed by atoms with Gasteiger partial charge in [-0.3, -0.25) is 9.69 Å². The van der Waals surface area contributed by atoms with Crippen LogP contribution in [0.5, 0.6) is 11.5 Å². The van der Waals surface area contributed by atoms with Crippen LogP contribution < -0.4 is 9.47 Å². The molecule has 1 amide bonds. The number of nitrogens with zero attached hydrogens (tertiary/aromatic N) is 1. The van der Waals surface area contributed by atoms with Crippen molar-refractivity contribution in [2.45, 2.75) is 20.1 Å². The molecule has 2 aromatic rings. The van der Waals surface area contributed by atoms with Crippen LogP contribution in [0.4, 0.5) is 8.78 Å². The van der Waals surface area contributed by atoms with E-state index >= 15 is 0 Å². The van der Waals surface area contributed by atoms with Crippen LogP contribution in [-0.2, 0) is 11.3 Å². The maximum Gasteiger partial charge on any atom is 0.387 e. The lowest BCUT2D eigenvalue weighted by atomic mass is 10.1. The molecule has 1 saturated heterocycles. The van der Waals surface area contributed by atoms with E-state index in [4.69, 9.17) is 17.0 Å². The van der Waals surface area contributed by atoms with E-state index in [0.717, 1.165) is 5.56 Å². The number of ether oxygens (including phenoxy) is 2. The lowest BCUT2D eigenvalue weighted by molar-refractivity contribution is -0.122. The molecule has 1 heterocycles. The number of thiocarbonyl (C=S) groups is 1. The van der Waals surface area contributed by atoms with Crippen LogP contribution >= 0.6 is 24.0 Å². The smallest absolute Gasteiger partial charge is 0.387 e. The number of rotatable bonds is 7. The molecular weight excluding hydrogens is 404 g/mol. The number of hydrogen-bond acceptors (Lipinski definition) is 5. The minimum atomic E-state index is -2.95. The van der Waals surface area contributed by atoms with Gasteiger partial charge in [-0.05, 0) is 36.3 Å². The quantitative estimate of drug-likeness (QED) is 0.460. The summed E-state index contributed by atoms with van der Waals surface area (Å²) in [5.41, 5.74) is 1.61. The fourth-order valence-corrected chi connectivity index (χ4v) is 3.88. The maximum atomic E-state index is 12.7. The van der Waals surface area contributed by atoms with Gasteiger partial charge < -0.3 is 9.47 Å². The fourth-order valence-electron chi connectivity index (χ4n) is 2.63. The van der Waals surface area contributed by atoms with Gasteiger partial charge in [0.2, 0.25) is 0 Å². The normalized spacial score (nSPS) is 15.6. The molecule has 3 rings (SSSR count). The number of carbonyl (C=O) groups excluding carboxylic acids is 1. The second-order valence-corrected chi connectivity index (χ2v) is 7.45. The second-order valence-electron chi connectivity index (χ2n) is 5.77. The predicted octanol–water partition coefficient (Wildman–Crippen LogP) is 5.09. The van der Waals surface area contributed by atoms with Gasteiger partial charge in [-0.1, -0.05) is 60.4 Å². The SMILES string of the molecule is CCOc1cc(/C=C2/SC(=S)N(Cc3ccccc3)C2=O)ccc1OC(F)F. The van der Waals surface area contributed by atoms with Gasteiger partial charge in [-0.2, -0.15) is 8.78 Å². The number of thioether (sulfide) groups is 1. The van der Waals surface area contributed by atoms with Crippen molar-refractivity contribution in [2.24, 2.45) is 0 Å². The molecular formula is C20H17F2NO3S2. The van der Waals surface area contributed by atoms with E-state index < -0.39 is 6.61 Å². The molecule has 0 bridgehead atoms. The summed E-state index contributed by atoms with van der Waals surface area (Å²) in [6.45, 7) is -0.511. The van der Waals surface area contributed by atoms with Crippen LogP contribution in [0.15, 0.2) is 53.4 Å². The first-order chi connectivity index (χ1) is 13.5. The summed E-state index contributed by atoms with van der Waals surface area (Å²) in [4.78, 5) is 14.7. The van der Waals surface area contributed by atoms with Crippen LogP contribution in [0.1, 0.15) is 18.1 Å². The van der Waals surface area contributed by atoms with Gasteiger partial charge in [0, 0.05) is 0 Å². The molecule has 0 saturated carbocycles. The van der Waals surface area contributed by atoms with E-state index in [1.165, 1.54) is 17.8 Å². The summed E-state index contributed by atoms with van der Waals surface area (Å²) < 4.78 is 35.4. The van der Waals surface area contributed by atoms with Gasteiger partial charge in [-0.25, -0.2) is 0 Å². The third-order valence-corrected chi connectivity index (χ3v) is 5.22. The molecule has 28 heavy (non-hydrogen) atoms. The van der Waals surface area contributed by atoms with Crippen LogP contribution in [0.2, 0.25) is 0 Å². The summed E-state index contributed by atoms with van der Waals surface area (Å²) in [6, 6.07) is 14.1. The zero-order chi connectivity index (χ0) is 20.1. The average Bonchev–Trinajstić information content (AvgIpc) is 2.92.